The summed E-state index contributed by atoms with van der Waals surface area (Å²) in [6.07, 6.45) is 2.72. The van der Waals surface area contributed by atoms with Gasteiger partial charge in [0.2, 0.25) is 0 Å². The van der Waals surface area contributed by atoms with Gasteiger partial charge in [-0.1, -0.05) is 24.8 Å². The molecule has 0 amide bonds. The predicted octanol–water partition coefficient (Wildman–Crippen LogP) is 1.68. The summed E-state index contributed by atoms with van der Waals surface area (Å²) in [4.78, 5) is 2.09. The zero-order valence-electron chi connectivity index (χ0n) is 12.1. The Balaban J connectivity index is -0.000000142. The van der Waals surface area contributed by atoms with Gasteiger partial charge in [0.25, 0.3) is 0 Å². The molecule has 0 bridgehead atoms. The summed E-state index contributed by atoms with van der Waals surface area (Å²) in [5, 5.41) is 21.0. The van der Waals surface area contributed by atoms with Crippen LogP contribution in [0.3, 0.4) is 0 Å². The molecule has 1 aromatic carbocycles. The number of hydrogen-bond donors (Lipinski definition) is 3. The van der Waals surface area contributed by atoms with Gasteiger partial charge in [-0.2, -0.15) is 6.42 Å². The number of rotatable bonds is 4. The number of nitrogens with zero attached hydrogens (tertiary/aromatic N) is 1. The summed E-state index contributed by atoms with van der Waals surface area (Å²) < 4.78 is 0. The van der Waals surface area contributed by atoms with E-state index >= 15 is 0 Å². The van der Waals surface area contributed by atoms with Gasteiger partial charge in [-0.3, -0.25) is 0 Å². The molecule has 0 fully saturated rings. The molecule has 1 rings (SSSR count). The van der Waals surface area contributed by atoms with Gasteiger partial charge in [-0.25, -0.2) is 0 Å². The summed E-state index contributed by atoms with van der Waals surface area (Å²) in [6, 6.07) is 10.2. The maximum Gasteiger partial charge on any atom is 0.0404 e. The minimum absolute atomic E-state index is 0. The third-order valence-corrected chi connectivity index (χ3v) is 1.71. The van der Waals surface area contributed by atoms with Crippen molar-refractivity contribution in [1.82, 2.24) is 0 Å². The van der Waals surface area contributed by atoms with Gasteiger partial charge >= 0.3 is 0 Å². The monoisotopic (exact) mass is 304 g/mol. The molecule has 0 spiro atoms. The largest absolute Gasteiger partial charge is 0.400 e. The van der Waals surface area contributed by atoms with Gasteiger partial charge < -0.3 is 27.1 Å². The van der Waals surface area contributed by atoms with Crippen LogP contribution in [-0.4, -0.2) is 43.2 Å². The second kappa shape index (κ2) is 26.0. The van der Waals surface area contributed by atoms with Crippen LogP contribution >= 0.6 is 0 Å². The van der Waals surface area contributed by atoms with Crippen molar-refractivity contribution < 1.29 is 37.0 Å². The molecule has 0 unspecified atom stereocenters. The first kappa shape index (κ1) is 26.8. The fourth-order valence-corrected chi connectivity index (χ4v) is 1.12. The van der Waals surface area contributed by atoms with Gasteiger partial charge in [0.15, 0.2) is 0 Å². The molecule has 0 aliphatic carbocycles. The zero-order valence-corrected chi connectivity index (χ0v) is 13.6. The average Bonchev–Trinajstić information content (AvgIpc) is 2.52. The van der Waals surface area contributed by atoms with Crippen molar-refractivity contribution in [2.75, 3.05) is 32.8 Å². The van der Waals surface area contributed by atoms with E-state index in [1.165, 1.54) is 5.69 Å². The zero-order chi connectivity index (χ0) is 14.8. The van der Waals surface area contributed by atoms with Gasteiger partial charge in [-0.05, 0) is 24.9 Å². The molecular formula is C14H26NO3Ti-. The molecule has 0 saturated heterocycles. The smallest absolute Gasteiger partial charge is 0.0404 e. The van der Waals surface area contributed by atoms with Crippen LogP contribution in [0.5, 0.6) is 0 Å². The minimum Gasteiger partial charge on any atom is -0.400 e. The minimum atomic E-state index is 0. The average molecular weight is 304 g/mol. The van der Waals surface area contributed by atoms with Gasteiger partial charge in [0.05, 0.1) is 0 Å². The van der Waals surface area contributed by atoms with Crippen molar-refractivity contribution in [2.24, 2.45) is 0 Å². The Morgan fingerprint density at radius 3 is 1.79 bits per heavy atom. The first-order chi connectivity index (χ1) is 8.88. The molecule has 0 saturated carbocycles. The van der Waals surface area contributed by atoms with E-state index < -0.39 is 0 Å². The summed E-state index contributed by atoms with van der Waals surface area (Å²) in [5.74, 6) is 0. The molecule has 3 N–H and O–H groups in total. The van der Waals surface area contributed by atoms with Crippen LogP contribution in [0.4, 0.5) is 5.69 Å². The maximum atomic E-state index is 7.00. The third-order valence-electron chi connectivity index (χ3n) is 1.71. The molecule has 0 aliphatic heterocycles. The number of anilines is 1. The third kappa shape index (κ3) is 15.3. The first-order valence-corrected chi connectivity index (χ1v) is 5.46. The van der Waals surface area contributed by atoms with Gasteiger partial charge in [0.1, 0.15) is 0 Å². The Hall–Kier alpha value is -0.646. The van der Waals surface area contributed by atoms with Crippen molar-refractivity contribution in [3.63, 3.8) is 0 Å². The molecule has 0 aromatic heterocycles. The molecule has 4 nitrogen and oxygen atoms in total. The summed E-state index contributed by atoms with van der Waals surface area (Å²) >= 11 is 0. The number of aliphatic hydroxyl groups is 3. The Morgan fingerprint density at radius 2 is 1.47 bits per heavy atom. The Kier molecular flexibility index (Phi) is 36.8. The molecule has 0 heterocycles. The fourth-order valence-electron chi connectivity index (χ4n) is 1.12. The molecule has 1 aromatic rings. The second-order valence-electron chi connectivity index (χ2n) is 2.57. The second-order valence-corrected chi connectivity index (χ2v) is 2.57. The van der Waals surface area contributed by atoms with Crippen LogP contribution in [0, 0.1) is 6.92 Å². The van der Waals surface area contributed by atoms with Crippen LogP contribution in [0.15, 0.2) is 43.1 Å². The van der Waals surface area contributed by atoms with Crippen LogP contribution in [0.1, 0.15) is 6.42 Å². The predicted molar refractivity (Wildman–Crippen MR) is 78.4 cm³/mol. The molecule has 5 heteroatoms. The Morgan fingerprint density at radius 1 is 1.05 bits per heavy atom. The molecule has 110 valence electrons. The van der Waals surface area contributed by atoms with Crippen LogP contribution in [-0.2, 0) is 21.7 Å². The van der Waals surface area contributed by atoms with E-state index in [9.17, 15) is 0 Å². The molecule has 19 heavy (non-hydrogen) atoms. The molecule has 0 radical (unpaired) electrons. The quantitative estimate of drug-likeness (QED) is 0.585. The summed E-state index contributed by atoms with van der Waals surface area (Å²) in [7, 11) is 3.00. The Labute approximate surface area is 132 Å². The van der Waals surface area contributed by atoms with Crippen LogP contribution < -0.4 is 4.90 Å². The Bertz CT molecular complexity index is 246. The van der Waals surface area contributed by atoms with E-state index in [1.807, 2.05) is 24.4 Å². The topological polar surface area (TPSA) is 63.9 Å². The number of benzene rings is 1. The fraction of sp³-hybridized carbons (Fsp3) is 0.357. The number of aliphatic hydroxyl groups excluding tert-OH is 3. The van der Waals surface area contributed by atoms with Gasteiger partial charge in [0, 0.05) is 48.7 Å². The number of para-hydroxylation sites is 1. The maximum absolute atomic E-state index is 7.00. The van der Waals surface area contributed by atoms with Crippen molar-refractivity contribution in [1.29, 1.82) is 0 Å². The summed E-state index contributed by atoms with van der Waals surface area (Å²) in [6.45, 7) is 8.49. The van der Waals surface area contributed by atoms with E-state index in [4.69, 9.17) is 15.3 Å². The van der Waals surface area contributed by atoms with E-state index in [1.54, 1.807) is 0 Å². The molecule has 0 aliphatic rings. The normalized spacial score (nSPS) is 6.89. The standard InChI is InChI=1S/C11H14N.3CH4O.Ti/c1-3-10-12(4-2)11-8-6-5-7-9-11;3*1-2;/h4-9H,1-3,10H2;3*2H,1H3;/q-1;;;;. The van der Waals surface area contributed by atoms with E-state index in [0.29, 0.717) is 0 Å². The van der Waals surface area contributed by atoms with E-state index in [-0.39, 0.29) is 21.7 Å². The van der Waals surface area contributed by atoms with Crippen molar-refractivity contribution >= 4 is 5.69 Å². The van der Waals surface area contributed by atoms with Crippen molar-refractivity contribution in [3.8, 4) is 0 Å². The molecular weight excluding hydrogens is 278 g/mol. The SMILES string of the molecule is C=CN(CC[CH2-])c1ccccc1.CO.CO.CO.[Ti]. The molecule has 0 atom stereocenters. The number of hydrogen-bond acceptors (Lipinski definition) is 4. The van der Waals surface area contributed by atoms with Crippen LogP contribution in [0.25, 0.3) is 0 Å². The van der Waals surface area contributed by atoms with Crippen molar-refractivity contribution in [3.05, 3.63) is 50.0 Å². The summed E-state index contributed by atoms with van der Waals surface area (Å²) in [5.41, 5.74) is 1.18. The van der Waals surface area contributed by atoms with Crippen molar-refractivity contribution in [2.45, 2.75) is 6.42 Å². The first-order valence-electron chi connectivity index (χ1n) is 5.46. The van der Waals surface area contributed by atoms with Gasteiger partial charge in [-0.15, -0.1) is 0 Å². The van der Waals surface area contributed by atoms with Crippen LogP contribution in [0.2, 0.25) is 0 Å². The van der Waals surface area contributed by atoms with E-state index in [2.05, 4.69) is 30.5 Å². The van der Waals surface area contributed by atoms with E-state index in [0.717, 1.165) is 34.3 Å².